The van der Waals surface area contributed by atoms with Crippen LogP contribution < -0.4 is 0 Å². The largest absolute Gasteiger partial charge is 0.481 e. The minimum absolute atomic E-state index is 0.231. The van der Waals surface area contributed by atoms with Gasteiger partial charge in [-0.1, -0.05) is 13.3 Å². The van der Waals surface area contributed by atoms with Crippen molar-refractivity contribution in [2.45, 2.75) is 77.2 Å². The minimum Gasteiger partial charge on any atom is -0.481 e. The van der Waals surface area contributed by atoms with E-state index in [0.717, 1.165) is 37.7 Å². The van der Waals surface area contributed by atoms with Gasteiger partial charge in [-0.25, -0.2) is 0 Å². The Kier molecular flexibility index (Phi) is 2.66. The highest BCUT2D eigenvalue weighted by Gasteiger charge is 2.71. The van der Waals surface area contributed by atoms with E-state index >= 15 is 0 Å². The van der Waals surface area contributed by atoms with Crippen LogP contribution in [0.3, 0.4) is 0 Å². The first-order valence-electron chi connectivity index (χ1n) is 9.72. The third kappa shape index (κ3) is 1.63. The summed E-state index contributed by atoms with van der Waals surface area (Å²) in [4.78, 5) is 12.1. The van der Waals surface area contributed by atoms with Gasteiger partial charge in [-0.05, 0) is 86.9 Å². The highest BCUT2D eigenvalue weighted by atomic mass is 16.6. The molecule has 0 unspecified atom stereocenters. The molecule has 4 aliphatic carbocycles. The van der Waals surface area contributed by atoms with Crippen molar-refractivity contribution in [3.63, 3.8) is 0 Å². The summed E-state index contributed by atoms with van der Waals surface area (Å²) < 4.78 is 5.97. The molecule has 1 aliphatic heterocycles. The fourth-order valence-electron chi connectivity index (χ4n) is 8.28. The van der Waals surface area contributed by atoms with Crippen molar-refractivity contribution < 1.29 is 14.6 Å². The van der Waals surface area contributed by atoms with Crippen molar-refractivity contribution >= 4 is 5.97 Å². The van der Waals surface area contributed by atoms with E-state index < -0.39 is 11.4 Å². The lowest BCUT2D eigenvalue weighted by atomic mass is 9.41. The lowest BCUT2D eigenvalue weighted by Gasteiger charge is -2.63. The molecule has 2 spiro atoms. The minimum atomic E-state index is -0.550. The summed E-state index contributed by atoms with van der Waals surface area (Å²) in [6, 6.07) is 0. The van der Waals surface area contributed by atoms with Gasteiger partial charge in [-0.3, -0.25) is 4.79 Å². The number of rotatable bonds is 1. The predicted molar refractivity (Wildman–Crippen MR) is 87.0 cm³/mol. The number of aliphatic carboxylic acids is 1. The van der Waals surface area contributed by atoms with Gasteiger partial charge in [0.2, 0.25) is 0 Å². The van der Waals surface area contributed by atoms with E-state index in [9.17, 15) is 9.90 Å². The highest BCUT2D eigenvalue weighted by molar-refractivity contribution is 5.75. The summed E-state index contributed by atoms with van der Waals surface area (Å²) in [5.41, 5.74) is 0.455. The van der Waals surface area contributed by atoms with Crippen molar-refractivity contribution in [2.24, 2.45) is 34.0 Å². The van der Waals surface area contributed by atoms with Crippen LogP contribution in [0.2, 0.25) is 0 Å². The molecule has 4 saturated carbocycles. The molecule has 3 heteroatoms. The van der Waals surface area contributed by atoms with Gasteiger partial charge in [-0.2, -0.15) is 0 Å². The van der Waals surface area contributed by atoms with Crippen molar-refractivity contribution in [2.75, 3.05) is 6.61 Å². The number of fused-ring (bicyclic) bond motifs is 4. The van der Waals surface area contributed by atoms with Crippen LogP contribution in [0.4, 0.5) is 0 Å². The van der Waals surface area contributed by atoms with Crippen molar-refractivity contribution in [1.82, 2.24) is 0 Å². The SMILES string of the molecule is C[C@@]12CCC[C@@](C)(C(=O)O)[C@H]1CC[C@@]13C[C@@H](CC[C@H]12)[C@@]1(CO1)C3. The number of carbonyl (C=O) groups is 1. The van der Waals surface area contributed by atoms with Crippen LogP contribution in [0.5, 0.6) is 0 Å². The molecule has 128 valence electrons. The molecule has 5 fully saturated rings. The normalized spacial score (nSPS) is 60.2. The van der Waals surface area contributed by atoms with Crippen molar-refractivity contribution in [1.29, 1.82) is 0 Å². The molecule has 0 radical (unpaired) electrons. The smallest absolute Gasteiger partial charge is 0.309 e. The quantitative estimate of drug-likeness (QED) is 0.735. The van der Waals surface area contributed by atoms with E-state index in [1.165, 1.54) is 38.5 Å². The maximum absolute atomic E-state index is 12.1. The van der Waals surface area contributed by atoms with Gasteiger partial charge >= 0.3 is 5.97 Å². The van der Waals surface area contributed by atoms with Crippen molar-refractivity contribution in [3.8, 4) is 0 Å². The molecule has 7 atom stereocenters. The zero-order valence-corrected chi connectivity index (χ0v) is 14.6. The molecular weight excluding hydrogens is 288 g/mol. The van der Waals surface area contributed by atoms with Gasteiger partial charge in [0.15, 0.2) is 0 Å². The molecule has 5 aliphatic rings. The lowest BCUT2D eigenvalue weighted by molar-refractivity contribution is -0.181. The Balaban J connectivity index is 1.55. The Morgan fingerprint density at radius 1 is 1.09 bits per heavy atom. The topological polar surface area (TPSA) is 49.8 Å². The first-order chi connectivity index (χ1) is 10.8. The molecule has 0 aromatic heterocycles. The van der Waals surface area contributed by atoms with Crippen LogP contribution in [-0.2, 0) is 9.53 Å². The molecule has 1 heterocycles. The zero-order chi connectivity index (χ0) is 16.1. The summed E-state index contributed by atoms with van der Waals surface area (Å²) in [6.07, 6.45) is 10.9. The second-order valence-electron chi connectivity index (χ2n) is 10.1. The van der Waals surface area contributed by atoms with E-state index in [-0.39, 0.29) is 11.0 Å². The number of carboxylic acid groups (broad SMARTS) is 1. The average molecular weight is 318 g/mol. The number of hydrogen-bond acceptors (Lipinski definition) is 2. The molecule has 5 rings (SSSR count). The van der Waals surface area contributed by atoms with Crippen molar-refractivity contribution in [3.05, 3.63) is 0 Å². The van der Waals surface area contributed by atoms with Crippen LogP contribution >= 0.6 is 0 Å². The van der Waals surface area contributed by atoms with Crippen LogP contribution in [0.1, 0.15) is 71.6 Å². The molecule has 1 saturated heterocycles. The van der Waals surface area contributed by atoms with Crippen LogP contribution in [-0.4, -0.2) is 23.3 Å². The van der Waals surface area contributed by atoms with E-state index in [1.807, 2.05) is 6.92 Å². The zero-order valence-electron chi connectivity index (χ0n) is 14.6. The summed E-state index contributed by atoms with van der Waals surface area (Å²) in [6.45, 7) is 5.50. The highest BCUT2D eigenvalue weighted by Crippen LogP contribution is 2.74. The Bertz CT molecular complexity index is 567. The van der Waals surface area contributed by atoms with E-state index in [1.54, 1.807) is 0 Å². The lowest BCUT2D eigenvalue weighted by Crippen LogP contribution is -2.58. The number of hydrogen-bond donors (Lipinski definition) is 1. The molecule has 0 aromatic carbocycles. The maximum Gasteiger partial charge on any atom is 0.309 e. The molecule has 23 heavy (non-hydrogen) atoms. The summed E-state index contributed by atoms with van der Waals surface area (Å²) >= 11 is 0. The fraction of sp³-hybridized carbons (Fsp3) is 0.950. The molecule has 1 N–H and O–H groups in total. The van der Waals surface area contributed by atoms with Crippen LogP contribution in [0.25, 0.3) is 0 Å². The third-order valence-electron chi connectivity index (χ3n) is 9.30. The molecule has 0 amide bonds. The van der Waals surface area contributed by atoms with E-state index in [4.69, 9.17) is 4.74 Å². The molecular formula is C20H30O3. The number of ether oxygens (including phenoxy) is 1. The number of carboxylic acids is 1. The van der Waals surface area contributed by atoms with Gasteiger partial charge in [0, 0.05) is 0 Å². The van der Waals surface area contributed by atoms with Gasteiger partial charge < -0.3 is 9.84 Å². The Morgan fingerprint density at radius 3 is 2.57 bits per heavy atom. The monoisotopic (exact) mass is 318 g/mol. The van der Waals surface area contributed by atoms with E-state index in [0.29, 0.717) is 11.3 Å². The third-order valence-corrected chi connectivity index (χ3v) is 9.30. The molecule has 0 aromatic rings. The first-order valence-corrected chi connectivity index (χ1v) is 9.72. The van der Waals surface area contributed by atoms with Gasteiger partial charge in [0.1, 0.15) is 0 Å². The Morgan fingerprint density at radius 2 is 1.87 bits per heavy atom. The second kappa shape index (κ2) is 4.15. The standard InChI is InChI=1S/C20H30O3/c1-17-7-3-8-18(2,16(21)22)14(17)6-9-19-10-13(4-5-15(17)19)20(11-19)12-23-20/h13-15H,3-12H2,1-2H3,(H,21,22)/t13-,14+,15+,17-,18-,19+,20+/m1/s1. The fourth-order valence-corrected chi connectivity index (χ4v) is 8.28. The maximum atomic E-state index is 12.1. The van der Waals surface area contributed by atoms with Crippen LogP contribution in [0.15, 0.2) is 0 Å². The van der Waals surface area contributed by atoms with Crippen LogP contribution in [0, 0.1) is 34.0 Å². The van der Waals surface area contributed by atoms with E-state index in [2.05, 4.69) is 6.92 Å². The summed E-state index contributed by atoms with van der Waals surface area (Å²) in [5.74, 6) is 1.34. The number of epoxide rings is 1. The predicted octanol–water partition coefficient (Wildman–Crippen LogP) is 4.25. The Hall–Kier alpha value is -0.570. The molecule has 3 nitrogen and oxygen atoms in total. The van der Waals surface area contributed by atoms with Gasteiger partial charge in [0.25, 0.3) is 0 Å². The second-order valence-corrected chi connectivity index (χ2v) is 10.1. The summed E-state index contributed by atoms with van der Waals surface area (Å²) in [7, 11) is 0. The average Bonchev–Trinajstić information content (AvgIpc) is 3.22. The summed E-state index contributed by atoms with van der Waals surface area (Å²) in [5, 5.41) is 9.95. The van der Waals surface area contributed by atoms with Gasteiger partial charge in [0.05, 0.1) is 17.6 Å². The Labute approximate surface area is 139 Å². The first kappa shape index (κ1) is 14.7. The molecule has 2 bridgehead atoms. The van der Waals surface area contributed by atoms with Gasteiger partial charge in [-0.15, -0.1) is 0 Å².